The van der Waals surface area contributed by atoms with E-state index in [0.717, 1.165) is 37.0 Å². The molecule has 1 saturated carbocycles. The lowest BCUT2D eigenvalue weighted by Gasteiger charge is -2.37. The lowest BCUT2D eigenvalue weighted by Crippen LogP contribution is -2.39. The molecule has 0 aromatic heterocycles. The number of hydrogen-bond acceptors (Lipinski definition) is 3. The third-order valence-corrected chi connectivity index (χ3v) is 4.31. The van der Waals surface area contributed by atoms with Crippen LogP contribution in [-0.4, -0.2) is 24.4 Å². The van der Waals surface area contributed by atoms with Crippen LogP contribution in [0.3, 0.4) is 0 Å². The highest BCUT2D eigenvalue weighted by Gasteiger charge is 2.39. The van der Waals surface area contributed by atoms with Gasteiger partial charge in [-0.1, -0.05) is 37.8 Å². The first kappa shape index (κ1) is 15.3. The van der Waals surface area contributed by atoms with Crippen molar-refractivity contribution in [1.29, 1.82) is 0 Å². The summed E-state index contributed by atoms with van der Waals surface area (Å²) < 4.78 is 11.2. The van der Waals surface area contributed by atoms with Crippen LogP contribution in [0.15, 0.2) is 24.3 Å². The molecule has 0 spiro atoms. The largest absolute Gasteiger partial charge is 0.497 e. The van der Waals surface area contributed by atoms with E-state index in [2.05, 4.69) is 0 Å². The van der Waals surface area contributed by atoms with Crippen molar-refractivity contribution >= 4 is 0 Å². The highest BCUT2D eigenvalue weighted by atomic mass is 16.5. The molecule has 3 nitrogen and oxygen atoms in total. The minimum Gasteiger partial charge on any atom is -0.497 e. The van der Waals surface area contributed by atoms with Gasteiger partial charge in [-0.3, -0.25) is 0 Å². The van der Waals surface area contributed by atoms with Crippen molar-refractivity contribution < 1.29 is 14.6 Å². The Hall–Kier alpha value is -1.06. The molecule has 1 aliphatic carbocycles. The topological polar surface area (TPSA) is 38.7 Å². The zero-order valence-electron chi connectivity index (χ0n) is 12.6. The van der Waals surface area contributed by atoms with Gasteiger partial charge in [-0.15, -0.1) is 0 Å². The summed E-state index contributed by atoms with van der Waals surface area (Å²) in [4.78, 5) is 0. The maximum absolute atomic E-state index is 10.8. The van der Waals surface area contributed by atoms with E-state index in [9.17, 15) is 5.11 Å². The molecule has 1 fully saturated rings. The zero-order valence-corrected chi connectivity index (χ0v) is 12.6. The molecule has 0 amide bonds. The first-order valence-electron chi connectivity index (χ1n) is 7.68. The van der Waals surface area contributed by atoms with Crippen LogP contribution in [0.2, 0.25) is 0 Å². The molecule has 112 valence electrons. The molecular weight excluding hydrogens is 252 g/mol. The minimum atomic E-state index is -0.563. The molecule has 2 rings (SSSR count). The number of ether oxygens (including phenoxy) is 2. The Labute approximate surface area is 121 Å². The zero-order chi connectivity index (χ0) is 14.4. The summed E-state index contributed by atoms with van der Waals surface area (Å²) in [7, 11) is 1.65. The number of aliphatic hydroxyl groups excluding tert-OH is 1. The van der Waals surface area contributed by atoms with Crippen LogP contribution in [-0.2, 0) is 4.74 Å². The molecule has 1 aromatic rings. The Morgan fingerprint density at radius 2 is 1.70 bits per heavy atom. The summed E-state index contributed by atoms with van der Waals surface area (Å²) in [6.07, 6.45) is 6.06. The van der Waals surface area contributed by atoms with Gasteiger partial charge in [0.25, 0.3) is 0 Å². The molecule has 20 heavy (non-hydrogen) atoms. The van der Waals surface area contributed by atoms with E-state index in [1.165, 1.54) is 12.8 Å². The maximum atomic E-state index is 10.8. The molecule has 1 N–H and O–H groups in total. The van der Waals surface area contributed by atoms with E-state index in [0.29, 0.717) is 6.61 Å². The van der Waals surface area contributed by atoms with Gasteiger partial charge in [0, 0.05) is 6.61 Å². The van der Waals surface area contributed by atoms with Crippen molar-refractivity contribution in [2.24, 2.45) is 0 Å². The summed E-state index contributed by atoms with van der Waals surface area (Å²) in [5, 5.41) is 10.8. The predicted molar refractivity (Wildman–Crippen MR) is 80.0 cm³/mol. The highest BCUT2D eigenvalue weighted by Crippen LogP contribution is 2.40. The van der Waals surface area contributed by atoms with E-state index >= 15 is 0 Å². The summed E-state index contributed by atoms with van der Waals surface area (Å²) in [6, 6.07) is 7.67. The molecular formula is C17H26O3. The number of benzene rings is 1. The molecule has 0 saturated heterocycles. The molecule has 1 aromatic carbocycles. The van der Waals surface area contributed by atoms with E-state index in [1.807, 2.05) is 31.2 Å². The smallest absolute Gasteiger partial charge is 0.118 e. The highest BCUT2D eigenvalue weighted by molar-refractivity contribution is 5.29. The maximum Gasteiger partial charge on any atom is 0.118 e. The van der Waals surface area contributed by atoms with Crippen LogP contribution in [0, 0.1) is 0 Å². The number of hydrogen-bond donors (Lipinski definition) is 1. The minimum absolute atomic E-state index is 0.417. The lowest BCUT2D eigenvalue weighted by atomic mass is 9.84. The fourth-order valence-electron chi connectivity index (χ4n) is 3.20. The van der Waals surface area contributed by atoms with Crippen molar-refractivity contribution in [3.05, 3.63) is 29.8 Å². The second-order valence-electron chi connectivity index (χ2n) is 5.59. The molecule has 1 unspecified atom stereocenters. The van der Waals surface area contributed by atoms with Crippen molar-refractivity contribution in [3.8, 4) is 5.75 Å². The van der Waals surface area contributed by atoms with E-state index < -0.39 is 11.7 Å². The van der Waals surface area contributed by atoms with Gasteiger partial charge in [-0.25, -0.2) is 0 Å². The summed E-state index contributed by atoms with van der Waals surface area (Å²) in [5.74, 6) is 0.812. The van der Waals surface area contributed by atoms with Crippen LogP contribution < -0.4 is 4.74 Å². The van der Waals surface area contributed by atoms with Gasteiger partial charge in [0.15, 0.2) is 0 Å². The van der Waals surface area contributed by atoms with Crippen molar-refractivity contribution in [1.82, 2.24) is 0 Å². The Morgan fingerprint density at radius 1 is 1.10 bits per heavy atom. The second kappa shape index (κ2) is 7.09. The molecule has 0 heterocycles. The average Bonchev–Trinajstić information content (AvgIpc) is 2.73. The van der Waals surface area contributed by atoms with Gasteiger partial charge in [0.05, 0.1) is 12.7 Å². The fraction of sp³-hybridized carbons (Fsp3) is 0.647. The fourth-order valence-corrected chi connectivity index (χ4v) is 3.20. The van der Waals surface area contributed by atoms with Crippen molar-refractivity contribution in [2.75, 3.05) is 13.7 Å². The van der Waals surface area contributed by atoms with E-state index in [1.54, 1.807) is 7.11 Å². The van der Waals surface area contributed by atoms with Gasteiger partial charge in [0.1, 0.15) is 11.9 Å². The van der Waals surface area contributed by atoms with Crippen LogP contribution in [0.1, 0.15) is 57.1 Å². The Kier molecular flexibility index (Phi) is 5.44. The second-order valence-corrected chi connectivity index (χ2v) is 5.59. The SMILES string of the molecule is CCOC1(C(O)c2ccc(OC)cc2)CCCCCC1. The van der Waals surface area contributed by atoms with Gasteiger partial charge < -0.3 is 14.6 Å². The van der Waals surface area contributed by atoms with Gasteiger partial charge in [-0.05, 0) is 37.5 Å². The normalized spacial score (nSPS) is 20.1. The van der Waals surface area contributed by atoms with Gasteiger partial charge >= 0.3 is 0 Å². The van der Waals surface area contributed by atoms with E-state index in [-0.39, 0.29) is 0 Å². The summed E-state index contributed by atoms with van der Waals surface area (Å²) in [5.41, 5.74) is 0.501. The first-order valence-corrected chi connectivity index (χ1v) is 7.68. The Balaban J connectivity index is 2.21. The monoisotopic (exact) mass is 278 g/mol. The summed E-state index contributed by atoms with van der Waals surface area (Å²) >= 11 is 0. The van der Waals surface area contributed by atoms with Crippen LogP contribution in [0.4, 0.5) is 0 Å². The molecule has 0 bridgehead atoms. The number of methoxy groups -OCH3 is 1. The molecule has 1 atom stereocenters. The standard InChI is InChI=1S/C17H26O3/c1-3-20-17(12-6-4-5-7-13-17)16(18)14-8-10-15(19-2)11-9-14/h8-11,16,18H,3-7,12-13H2,1-2H3. The van der Waals surface area contributed by atoms with Gasteiger partial charge in [-0.2, -0.15) is 0 Å². The third kappa shape index (κ3) is 3.33. The van der Waals surface area contributed by atoms with Crippen LogP contribution in [0.25, 0.3) is 0 Å². The summed E-state index contributed by atoms with van der Waals surface area (Å²) in [6.45, 7) is 2.65. The average molecular weight is 278 g/mol. The molecule has 3 heteroatoms. The third-order valence-electron chi connectivity index (χ3n) is 4.31. The van der Waals surface area contributed by atoms with Crippen molar-refractivity contribution in [2.45, 2.75) is 57.2 Å². The number of aliphatic hydroxyl groups is 1. The quantitative estimate of drug-likeness (QED) is 0.831. The molecule has 0 aliphatic heterocycles. The van der Waals surface area contributed by atoms with E-state index in [4.69, 9.17) is 9.47 Å². The Morgan fingerprint density at radius 3 is 2.20 bits per heavy atom. The van der Waals surface area contributed by atoms with Crippen LogP contribution in [0.5, 0.6) is 5.75 Å². The van der Waals surface area contributed by atoms with Crippen molar-refractivity contribution in [3.63, 3.8) is 0 Å². The Bertz CT molecular complexity index is 391. The molecule has 0 radical (unpaired) electrons. The number of rotatable bonds is 5. The van der Waals surface area contributed by atoms with Gasteiger partial charge in [0.2, 0.25) is 0 Å². The lowest BCUT2D eigenvalue weighted by molar-refractivity contribution is -0.131. The van der Waals surface area contributed by atoms with Crippen LogP contribution >= 0.6 is 0 Å². The predicted octanol–water partition coefficient (Wildman–Crippen LogP) is 3.86. The molecule has 1 aliphatic rings. The first-order chi connectivity index (χ1) is 9.72.